The molecule has 6 nitrogen and oxygen atoms in total. The minimum atomic E-state index is 0.543. The molecule has 0 N–H and O–H groups in total. The lowest BCUT2D eigenvalue weighted by Crippen LogP contribution is -2.33. The van der Waals surface area contributed by atoms with Gasteiger partial charge in [0, 0.05) is 30.8 Å². The fourth-order valence-electron chi connectivity index (χ4n) is 4.15. The van der Waals surface area contributed by atoms with Gasteiger partial charge in [0.25, 0.3) is 0 Å². The van der Waals surface area contributed by atoms with Crippen LogP contribution in [0.2, 0.25) is 0 Å². The molecule has 0 radical (unpaired) electrons. The molecule has 3 heterocycles. The van der Waals surface area contributed by atoms with Gasteiger partial charge in [0.05, 0.1) is 6.54 Å². The van der Waals surface area contributed by atoms with Gasteiger partial charge < -0.3 is 8.98 Å². The first-order chi connectivity index (χ1) is 12.3. The van der Waals surface area contributed by atoms with Gasteiger partial charge in [0.1, 0.15) is 5.82 Å². The Kier molecular flexibility index (Phi) is 4.08. The molecule has 0 unspecified atom stereocenters. The summed E-state index contributed by atoms with van der Waals surface area (Å²) in [6.45, 7) is 4.13. The van der Waals surface area contributed by atoms with Crippen molar-refractivity contribution in [1.82, 2.24) is 24.6 Å². The fraction of sp³-hybridized carbons (Fsp3) is 0.737. The third kappa shape index (κ3) is 3.36. The smallest absolute Gasteiger partial charge is 0.230 e. The molecule has 0 aromatic carbocycles. The van der Waals surface area contributed by atoms with E-state index in [0.717, 1.165) is 37.3 Å². The van der Waals surface area contributed by atoms with Gasteiger partial charge in [-0.2, -0.15) is 0 Å². The highest BCUT2D eigenvalue weighted by molar-refractivity contribution is 5.04. The third-order valence-corrected chi connectivity index (χ3v) is 6.15. The number of hydrogen-bond acceptors (Lipinski definition) is 5. The van der Waals surface area contributed by atoms with Crippen LogP contribution in [0.25, 0.3) is 0 Å². The number of rotatable bonds is 6. The van der Waals surface area contributed by atoms with Crippen LogP contribution in [0.1, 0.15) is 74.4 Å². The Labute approximate surface area is 148 Å². The first-order valence-electron chi connectivity index (χ1n) is 9.91. The highest BCUT2D eigenvalue weighted by Gasteiger charge is 2.30. The number of aromatic nitrogens is 4. The average molecular weight is 341 g/mol. The fourth-order valence-corrected chi connectivity index (χ4v) is 4.15. The van der Waals surface area contributed by atoms with Gasteiger partial charge >= 0.3 is 0 Å². The molecule has 0 spiro atoms. The highest BCUT2D eigenvalue weighted by atomic mass is 16.4. The summed E-state index contributed by atoms with van der Waals surface area (Å²) >= 11 is 0. The van der Waals surface area contributed by atoms with Gasteiger partial charge in [0.15, 0.2) is 0 Å². The van der Waals surface area contributed by atoms with Crippen LogP contribution in [0, 0.1) is 5.92 Å². The van der Waals surface area contributed by atoms with E-state index in [2.05, 4.69) is 25.9 Å². The first kappa shape index (κ1) is 15.6. The van der Waals surface area contributed by atoms with Crippen LogP contribution < -0.4 is 0 Å². The number of nitrogens with zero attached hydrogens (tertiary/aromatic N) is 5. The van der Waals surface area contributed by atoms with Gasteiger partial charge in [-0.3, -0.25) is 4.90 Å². The van der Waals surface area contributed by atoms with Crippen LogP contribution in [-0.2, 0) is 13.1 Å². The van der Waals surface area contributed by atoms with Crippen molar-refractivity contribution in [2.24, 2.45) is 5.92 Å². The lowest BCUT2D eigenvalue weighted by Gasteiger charge is -2.32. The highest BCUT2D eigenvalue weighted by Crippen LogP contribution is 2.39. The Balaban J connectivity index is 1.16. The van der Waals surface area contributed by atoms with Gasteiger partial charge in [0.2, 0.25) is 11.8 Å². The van der Waals surface area contributed by atoms with Crippen molar-refractivity contribution >= 4 is 0 Å². The lowest BCUT2D eigenvalue weighted by atomic mass is 9.85. The molecule has 25 heavy (non-hydrogen) atoms. The van der Waals surface area contributed by atoms with Crippen LogP contribution in [0.15, 0.2) is 16.8 Å². The second-order valence-corrected chi connectivity index (χ2v) is 8.09. The SMILES string of the molecule is c1cn(CC2CCC2)c(C2CCN(Cc3nnc(C4CC4)o3)CC2)n1. The number of imidazole rings is 1. The molecule has 134 valence electrons. The van der Waals surface area contributed by atoms with Crippen molar-refractivity contribution in [1.29, 1.82) is 0 Å². The Hall–Kier alpha value is -1.69. The second kappa shape index (κ2) is 6.56. The van der Waals surface area contributed by atoms with Crippen LogP contribution in [0.4, 0.5) is 0 Å². The summed E-state index contributed by atoms with van der Waals surface area (Å²) in [5.74, 6) is 4.96. The molecule has 5 rings (SSSR count). The summed E-state index contributed by atoms with van der Waals surface area (Å²) in [5.41, 5.74) is 0. The van der Waals surface area contributed by atoms with Gasteiger partial charge in [-0.25, -0.2) is 4.98 Å². The van der Waals surface area contributed by atoms with E-state index >= 15 is 0 Å². The van der Waals surface area contributed by atoms with E-state index in [1.165, 1.54) is 57.3 Å². The van der Waals surface area contributed by atoms with E-state index in [-0.39, 0.29) is 0 Å². The second-order valence-electron chi connectivity index (χ2n) is 8.09. The Bertz CT molecular complexity index is 707. The molecule has 3 fully saturated rings. The summed E-state index contributed by atoms with van der Waals surface area (Å²) in [5, 5.41) is 8.42. The van der Waals surface area contributed by atoms with E-state index < -0.39 is 0 Å². The molecule has 0 bridgehead atoms. The number of piperidine rings is 1. The van der Waals surface area contributed by atoms with Crippen molar-refractivity contribution in [3.63, 3.8) is 0 Å². The summed E-state index contributed by atoms with van der Waals surface area (Å²) in [7, 11) is 0. The van der Waals surface area contributed by atoms with E-state index in [1.54, 1.807) is 0 Å². The van der Waals surface area contributed by atoms with Crippen molar-refractivity contribution in [2.45, 2.75) is 69.9 Å². The topological polar surface area (TPSA) is 60.0 Å². The maximum atomic E-state index is 5.81. The molecule has 2 saturated carbocycles. The summed E-state index contributed by atoms with van der Waals surface area (Å²) < 4.78 is 8.23. The van der Waals surface area contributed by atoms with Crippen LogP contribution in [-0.4, -0.2) is 37.7 Å². The van der Waals surface area contributed by atoms with Crippen LogP contribution in [0.3, 0.4) is 0 Å². The maximum Gasteiger partial charge on any atom is 0.230 e. The zero-order chi connectivity index (χ0) is 16.6. The van der Waals surface area contributed by atoms with E-state index in [9.17, 15) is 0 Å². The van der Waals surface area contributed by atoms with Gasteiger partial charge in [-0.1, -0.05) is 6.42 Å². The molecular formula is C19H27N5O. The molecule has 0 amide bonds. The molecule has 0 atom stereocenters. The normalized spacial score (nSPS) is 23.0. The van der Waals surface area contributed by atoms with E-state index in [0.29, 0.717) is 11.8 Å². The van der Waals surface area contributed by atoms with Crippen LogP contribution in [0.5, 0.6) is 0 Å². The van der Waals surface area contributed by atoms with E-state index in [1.807, 2.05) is 6.20 Å². The van der Waals surface area contributed by atoms with Crippen molar-refractivity contribution in [3.8, 4) is 0 Å². The standard InChI is InChI=1S/C19H27N5O/c1-2-14(3-1)12-24-11-8-20-18(24)15-6-9-23(10-7-15)13-17-21-22-19(25-17)16-4-5-16/h8,11,14-16H,1-7,9-10,12-13H2. The number of likely N-dealkylation sites (tertiary alicyclic amines) is 1. The zero-order valence-corrected chi connectivity index (χ0v) is 14.8. The quantitative estimate of drug-likeness (QED) is 0.806. The Morgan fingerprint density at radius 1 is 1.00 bits per heavy atom. The first-order valence-corrected chi connectivity index (χ1v) is 9.91. The predicted molar refractivity (Wildman–Crippen MR) is 93.1 cm³/mol. The monoisotopic (exact) mass is 341 g/mol. The molecule has 6 heteroatoms. The van der Waals surface area contributed by atoms with Gasteiger partial charge in [-0.05, 0) is 57.5 Å². The minimum absolute atomic E-state index is 0.543. The number of hydrogen-bond donors (Lipinski definition) is 0. The molecule has 2 aromatic rings. The summed E-state index contributed by atoms with van der Waals surface area (Å²) in [6, 6.07) is 0. The molecule has 1 saturated heterocycles. The van der Waals surface area contributed by atoms with E-state index in [4.69, 9.17) is 9.40 Å². The molecule has 2 aromatic heterocycles. The zero-order valence-electron chi connectivity index (χ0n) is 14.8. The largest absolute Gasteiger partial charge is 0.424 e. The lowest BCUT2D eigenvalue weighted by molar-refractivity contribution is 0.181. The van der Waals surface area contributed by atoms with Crippen LogP contribution >= 0.6 is 0 Å². The molecule has 3 aliphatic rings. The third-order valence-electron chi connectivity index (χ3n) is 6.15. The molecule has 2 aliphatic carbocycles. The predicted octanol–water partition coefficient (Wildman–Crippen LogP) is 3.32. The van der Waals surface area contributed by atoms with Gasteiger partial charge in [-0.15, -0.1) is 10.2 Å². The molecule has 1 aliphatic heterocycles. The van der Waals surface area contributed by atoms with Crippen molar-refractivity contribution in [2.75, 3.05) is 13.1 Å². The Morgan fingerprint density at radius 2 is 1.84 bits per heavy atom. The Morgan fingerprint density at radius 3 is 2.56 bits per heavy atom. The average Bonchev–Trinajstić information content (AvgIpc) is 3.16. The maximum absolute atomic E-state index is 5.81. The van der Waals surface area contributed by atoms with Crippen molar-refractivity contribution < 1.29 is 4.42 Å². The minimum Gasteiger partial charge on any atom is -0.424 e. The molecular weight excluding hydrogens is 314 g/mol. The summed E-state index contributed by atoms with van der Waals surface area (Å²) in [6.07, 6.45) is 13.1. The van der Waals surface area contributed by atoms with Crippen molar-refractivity contribution in [3.05, 3.63) is 30.0 Å². The summed E-state index contributed by atoms with van der Waals surface area (Å²) in [4.78, 5) is 7.14.